The molecular weight excluding hydrogens is 467 g/mol. The molecule has 0 aliphatic heterocycles. The van der Waals surface area contributed by atoms with E-state index in [1.54, 1.807) is 24.7 Å². The quantitative estimate of drug-likeness (QED) is 0.393. The zero-order valence-corrected chi connectivity index (χ0v) is 20.0. The molecule has 164 valence electrons. The van der Waals surface area contributed by atoms with Crippen molar-refractivity contribution in [1.82, 2.24) is 9.55 Å². The molecule has 5 nitrogen and oxygen atoms in total. The van der Waals surface area contributed by atoms with Crippen LogP contribution in [-0.4, -0.2) is 26.7 Å². The third kappa shape index (κ3) is 6.82. The fraction of sp³-hybridized carbons (Fsp3) is 0.160. The summed E-state index contributed by atoms with van der Waals surface area (Å²) in [7, 11) is -1.35. The van der Waals surface area contributed by atoms with Gasteiger partial charge in [-0.25, -0.2) is 4.98 Å². The molecule has 0 aliphatic carbocycles. The molecule has 0 saturated heterocycles. The average molecular weight is 493 g/mol. The Hall–Kier alpha value is -2.87. The number of imidazole rings is 1. The SMILES string of the molecule is Cc1ccc(B(O)O)cc1.Cc1ccc(Cn2cncc2Oc2ccc(Br)c(C)c2)cc1. The lowest BCUT2D eigenvalue weighted by Gasteiger charge is -2.10. The number of nitrogens with zero attached hydrogens (tertiary/aromatic N) is 2. The van der Waals surface area contributed by atoms with Gasteiger partial charge in [-0.3, -0.25) is 4.57 Å². The molecule has 0 amide bonds. The predicted molar refractivity (Wildman–Crippen MR) is 132 cm³/mol. The maximum absolute atomic E-state index is 8.67. The van der Waals surface area contributed by atoms with Gasteiger partial charge in [0, 0.05) is 4.47 Å². The molecule has 4 rings (SSSR count). The van der Waals surface area contributed by atoms with Gasteiger partial charge in [0.25, 0.3) is 0 Å². The summed E-state index contributed by atoms with van der Waals surface area (Å²) < 4.78 is 9.04. The maximum Gasteiger partial charge on any atom is 0.488 e. The highest BCUT2D eigenvalue weighted by atomic mass is 79.9. The lowest BCUT2D eigenvalue weighted by Crippen LogP contribution is -2.29. The number of aryl methyl sites for hydroxylation is 3. The first-order chi connectivity index (χ1) is 15.3. The molecule has 2 N–H and O–H groups in total. The fourth-order valence-electron chi connectivity index (χ4n) is 2.94. The molecule has 0 saturated carbocycles. The molecule has 0 bridgehead atoms. The Bertz CT molecular complexity index is 1140. The van der Waals surface area contributed by atoms with E-state index in [2.05, 4.69) is 52.1 Å². The van der Waals surface area contributed by atoms with Crippen molar-refractivity contribution in [2.45, 2.75) is 27.3 Å². The lowest BCUT2D eigenvalue weighted by molar-refractivity contribution is 0.425. The third-order valence-electron chi connectivity index (χ3n) is 4.87. The Balaban J connectivity index is 0.000000243. The lowest BCUT2D eigenvalue weighted by atomic mass is 9.80. The summed E-state index contributed by atoms with van der Waals surface area (Å²) in [6.45, 7) is 6.82. The highest BCUT2D eigenvalue weighted by molar-refractivity contribution is 9.10. The number of halogens is 1. The van der Waals surface area contributed by atoms with Crippen molar-refractivity contribution in [3.8, 4) is 11.6 Å². The zero-order chi connectivity index (χ0) is 23.1. The Morgan fingerprint density at radius 1 is 0.906 bits per heavy atom. The maximum atomic E-state index is 8.67. The third-order valence-corrected chi connectivity index (χ3v) is 5.76. The van der Waals surface area contributed by atoms with Gasteiger partial charge in [0.05, 0.1) is 19.1 Å². The van der Waals surface area contributed by atoms with E-state index < -0.39 is 7.12 Å². The van der Waals surface area contributed by atoms with Gasteiger partial charge in [-0.05, 0) is 55.6 Å². The fourth-order valence-corrected chi connectivity index (χ4v) is 3.19. The molecule has 32 heavy (non-hydrogen) atoms. The standard InChI is InChI=1S/C18H17BrN2O.C7H9BO2/c1-13-3-5-15(6-4-13)11-21-12-20-10-18(21)22-16-7-8-17(19)14(2)9-16;1-6-2-4-7(5-3-6)8(9)10/h3-10,12H,11H2,1-2H3;2-5,9-10H,1H3. The molecule has 3 aromatic carbocycles. The molecule has 4 aromatic rings. The van der Waals surface area contributed by atoms with Crippen molar-refractivity contribution in [2.24, 2.45) is 0 Å². The van der Waals surface area contributed by atoms with E-state index in [-0.39, 0.29) is 0 Å². The van der Waals surface area contributed by atoms with Gasteiger partial charge < -0.3 is 14.8 Å². The Morgan fingerprint density at radius 2 is 1.53 bits per heavy atom. The van der Waals surface area contributed by atoms with Gasteiger partial charge in [-0.15, -0.1) is 0 Å². The van der Waals surface area contributed by atoms with Crippen LogP contribution >= 0.6 is 15.9 Å². The summed E-state index contributed by atoms with van der Waals surface area (Å²) in [5, 5.41) is 17.3. The second-order valence-corrected chi connectivity index (χ2v) is 8.50. The number of aromatic nitrogens is 2. The van der Waals surface area contributed by atoms with Gasteiger partial charge in [-0.2, -0.15) is 0 Å². The van der Waals surface area contributed by atoms with Crippen LogP contribution in [0.15, 0.2) is 83.7 Å². The minimum absolute atomic E-state index is 0.533. The van der Waals surface area contributed by atoms with Crippen molar-refractivity contribution in [1.29, 1.82) is 0 Å². The number of hydrogen-bond acceptors (Lipinski definition) is 4. The van der Waals surface area contributed by atoms with Crippen LogP contribution in [0.25, 0.3) is 0 Å². The van der Waals surface area contributed by atoms with Crippen LogP contribution in [0.4, 0.5) is 0 Å². The van der Waals surface area contributed by atoms with Crippen molar-refractivity contribution < 1.29 is 14.8 Å². The van der Waals surface area contributed by atoms with Gasteiger partial charge in [0.15, 0.2) is 0 Å². The predicted octanol–water partition coefficient (Wildman–Crippen LogP) is 4.78. The van der Waals surface area contributed by atoms with Gasteiger partial charge in [0.2, 0.25) is 5.88 Å². The van der Waals surface area contributed by atoms with Crippen LogP contribution < -0.4 is 10.2 Å². The van der Waals surface area contributed by atoms with Gasteiger partial charge in [0.1, 0.15) is 5.75 Å². The molecular formula is C25H26BBrN2O3. The van der Waals surface area contributed by atoms with E-state index in [0.29, 0.717) is 5.46 Å². The highest BCUT2D eigenvalue weighted by Crippen LogP contribution is 2.26. The molecule has 0 fully saturated rings. The summed E-state index contributed by atoms with van der Waals surface area (Å²) in [4.78, 5) is 4.20. The Labute approximate surface area is 197 Å². The molecule has 1 heterocycles. The van der Waals surface area contributed by atoms with E-state index in [4.69, 9.17) is 14.8 Å². The van der Waals surface area contributed by atoms with Crippen molar-refractivity contribution >= 4 is 28.5 Å². The first-order valence-corrected chi connectivity index (χ1v) is 11.0. The normalized spacial score (nSPS) is 10.3. The molecule has 0 radical (unpaired) electrons. The molecule has 0 spiro atoms. The molecule has 7 heteroatoms. The summed E-state index contributed by atoms with van der Waals surface area (Å²) in [6, 6.07) is 21.5. The first kappa shape index (κ1) is 23.8. The van der Waals surface area contributed by atoms with Crippen molar-refractivity contribution in [3.05, 3.63) is 106 Å². The zero-order valence-electron chi connectivity index (χ0n) is 18.4. The van der Waals surface area contributed by atoms with Gasteiger partial charge in [-0.1, -0.05) is 75.6 Å². The van der Waals surface area contributed by atoms with Crippen LogP contribution in [0.3, 0.4) is 0 Å². The van der Waals surface area contributed by atoms with Crippen LogP contribution in [-0.2, 0) is 6.54 Å². The summed E-state index contributed by atoms with van der Waals surface area (Å²) in [5.74, 6) is 1.55. The van der Waals surface area contributed by atoms with E-state index in [1.165, 1.54) is 11.1 Å². The number of ether oxygens (including phenoxy) is 1. The largest absolute Gasteiger partial charge is 0.488 e. The Morgan fingerprint density at radius 3 is 2.12 bits per heavy atom. The Kier molecular flexibility index (Phi) is 8.28. The average Bonchev–Trinajstić information content (AvgIpc) is 3.19. The molecule has 0 unspecified atom stereocenters. The van der Waals surface area contributed by atoms with Crippen LogP contribution in [0.5, 0.6) is 11.6 Å². The second kappa shape index (κ2) is 11.1. The van der Waals surface area contributed by atoms with E-state index in [1.807, 2.05) is 48.7 Å². The smallest absolute Gasteiger partial charge is 0.439 e. The summed E-state index contributed by atoms with van der Waals surface area (Å²) in [6.07, 6.45) is 3.53. The molecule has 0 aliphatic rings. The van der Waals surface area contributed by atoms with Crippen LogP contribution in [0.1, 0.15) is 22.3 Å². The summed E-state index contributed by atoms with van der Waals surface area (Å²) in [5.41, 5.74) is 5.27. The number of benzene rings is 3. The second-order valence-electron chi connectivity index (χ2n) is 7.64. The monoisotopic (exact) mass is 492 g/mol. The number of rotatable bonds is 5. The molecule has 1 aromatic heterocycles. The van der Waals surface area contributed by atoms with Crippen molar-refractivity contribution in [2.75, 3.05) is 0 Å². The van der Waals surface area contributed by atoms with E-state index in [9.17, 15) is 0 Å². The first-order valence-electron chi connectivity index (χ1n) is 10.2. The molecule has 0 atom stereocenters. The number of hydrogen-bond donors (Lipinski definition) is 2. The van der Waals surface area contributed by atoms with Crippen molar-refractivity contribution in [3.63, 3.8) is 0 Å². The minimum Gasteiger partial charge on any atom is -0.439 e. The summed E-state index contributed by atoms with van der Waals surface area (Å²) >= 11 is 3.50. The topological polar surface area (TPSA) is 67.5 Å². The van der Waals surface area contributed by atoms with E-state index in [0.717, 1.165) is 33.8 Å². The van der Waals surface area contributed by atoms with Gasteiger partial charge >= 0.3 is 7.12 Å². The minimum atomic E-state index is -1.35. The van der Waals surface area contributed by atoms with E-state index >= 15 is 0 Å². The highest BCUT2D eigenvalue weighted by Gasteiger charge is 2.08. The van der Waals surface area contributed by atoms with Crippen LogP contribution in [0, 0.1) is 20.8 Å². The van der Waals surface area contributed by atoms with Crippen LogP contribution in [0.2, 0.25) is 0 Å².